The quantitative estimate of drug-likeness (QED) is 0.414. The number of benzene rings is 1. The Morgan fingerprint density at radius 1 is 1.13 bits per heavy atom. The van der Waals surface area contributed by atoms with E-state index >= 15 is 0 Å². The van der Waals surface area contributed by atoms with E-state index in [1.807, 2.05) is 35.0 Å². The second-order valence-corrected chi connectivity index (χ2v) is 8.37. The van der Waals surface area contributed by atoms with Gasteiger partial charge in [0.1, 0.15) is 11.6 Å². The van der Waals surface area contributed by atoms with Crippen LogP contribution in [0.1, 0.15) is 25.1 Å². The highest BCUT2D eigenvalue weighted by Crippen LogP contribution is 2.30. The molecule has 0 saturated carbocycles. The van der Waals surface area contributed by atoms with Crippen molar-refractivity contribution in [2.75, 3.05) is 12.4 Å². The predicted octanol–water partition coefficient (Wildman–Crippen LogP) is 5.40. The molecule has 0 atom stereocenters. The normalized spacial score (nSPS) is 11.1. The molecule has 0 unspecified atom stereocenters. The first-order chi connectivity index (χ1) is 14.6. The lowest BCUT2D eigenvalue weighted by Crippen LogP contribution is -2.02. The Hall–Kier alpha value is -3.19. The third-order valence-electron chi connectivity index (χ3n) is 4.62. The molecule has 0 aliphatic heterocycles. The maximum absolute atomic E-state index is 5.25. The Balaban J connectivity index is 1.58. The van der Waals surface area contributed by atoms with E-state index < -0.39 is 0 Å². The molecule has 0 radical (unpaired) electrons. The molecular weight excluding hydrogens is 394 g/mol. The van der Waals surface area contributed by atoms with Crippen molar-refractivity contribution in [2.24, 2.45) is 5.92 Å². The zero-order chi connectivity index (χ0) is 20.9. The minimum Gasteiger partial charge on any atom is -0.497 e. The van der Waals surface area contributed by atoms with Crippen LogP contribution in [0.5, 0.6) is 5.75 Å². The standard InChI is InChI=1S/C23H25N5OS/c1-16(2)12-20-19(14-28(27-20)13-17-7-9-18(29-3)10-8-17)21-15-30-23(25-21)26-22-6-4-5-11-24-22/h4-11,14-16H,12-13H2,1-3H3,(H,24,25,26). The molecule has 4 rings (SSSR count). The van der Waals surface area contributed by atoms with Crippen molar-refractivity contribution in [2.45, 2.75) is 26.8 Å². The molecule has 1 aromatic carbocycles. The monoisotopic (exact) mass is 419 g/mol. The number of nitrogens with zero attached hydrogens (tertiary/aromatic N) is 4. The Morgan fingerprint density at radius 3 is 2.67 bits per heavy atom. The van der Waals surface area contributed by atoms with Crippen LogP contribution in [0.3, 0.4) is 0 Å². The molecule has 30 heavy (non-hydrogen) atoms. The highest BCUT2D eigenvalue weighted by Gasteiger charge is 2.16. The fraction of sp³-hybridized carbons (Fsp3) is 0.261. The lowest BCUT2D eigenvalue weighted by molar-refractivity contribution is 0.414. The molecule has 0 bridgehead atoms. The predicted molar refractivity (Wildman–Crippen MR) is 121 cm³/mol. The molecule has 3 heterocycles. The van der Waals surface area contributed by atoms with Crippen LogP contribution >= 0.6 is 11.3 Å². The number of nitrogens with one attached hydrogen (secondary N) is 1. The van der Waals surface area contributed by atoms with Gasteiger partial charge in [0, 0.05) is 23.3 Å². The van der Waals surface area contributed by atoms with E-state index in [9.17, 15) is 0 Å². The summed E-state index contributed by atoms with van der Waals surface area (Å²) in [7, 11) is 1.68. The second-order valence-electron chi connectivity index (χ2n) is 7.51. The Bertz CT molecular complexity index is 1090. The van der Waals surface area contributed by atoms with Crippen molar-refractivity contribution in [3.05, 3.63) is 71.5 Å². The first-order valence-electron chi connectivity index (χ1n) is 9.94. The van der Waals surface area contributed by atoms with Crippen molar-refractivity contribution < 1.29 is 4.74 Å². The zero-order valence-electron chi connectivity index (χ0n) is 17.4. The molecule has 0 aliphatic rings. The van der Waals surface area contributed by atoms with Crippen molar-refractivity contribution in [3.63, 3.8) is 0 Å². The summed E-state index contributed by atoms with van der Waals surface area (Å²) in [6.07, 6.45) is 4.77. The van der Waals surface area contributed by atoms with Gasteiger partial charge in [-0.1, -0.05) is 32.0 Å². The number of methoxy groups -OCH3 is 1. The van der Waals surface area contributed by atoms with E-state index in [0.29, 0.717) is 12.5 Å². The largest absolute Gasteiger partial charge is 0.497 e. The van der Waals surface area contributed by atoms with Gasteiger partial charge in [0.05, 0.1) is 25.0 Å². The van der Waals surface area contributed by atoms with Crippen LogP contribution in [0.15, 0.2) is 60.2 Å². The molecule has 1 N–H and O–H groups in total. The maximum atomic E-state index is 5.25. The Labute approximate surface area is 180 Å². The third kappa shape index (κ3) is 4.86. The first kappa shape index (κ1) is 20.1. The van der Waals surface area contributed by atoms with Gasteiger partial charge in [0.2, 0.25) is 0 Å². The molecule has 7 heteroatoms. The number of hydrogen-bond acceptors (Lipinski definition) is 6. The molecule has 0 saturated heterocycles. The topological polar surface area (TPSA) is 64.9 Å². The molecule has 0 aliphatic carbocycles. The third-order valence-corrected chi connectivity index (χ3v) is 5.38. The van der Waals surface area contributed by atoms with Crippen LogP contribution < -0.4 is 10.1 Å². The molecule has 0 spiro atoms. The van der Waals surface area contributed by atoms with E-state index in [1.54, 1.807) is 24.6 Å². The number of rotatable bonds is 8. The number of pyridine rings is 1. The summed E-state index contributed by atoms with van der Waals surface area (Å²) in [6.45, 7) is 5.13. The summed E-state index contributed by atoms with van der Waals surface area (Å²) < 4.78 is 7.25. The van der Waals surface area contributed by atoms with Gasteiger partial charge < -0.3 is 10.1 Å². The fourth-order valence-electron chi connectivity index (χ4n) is 3.21. The molecule has 0 fully saturated rings. The second kappa shape index (κ2) is 9.09. The highest BCUT2D eigenvalue weighted by atomic mass is 32.1. The fourth-order valence-corrected chi connectivity index (χ4v) is 3.93. The van der Waals surface area contributed by atoms with E-state index in [0.717, 1.165) is 40.1 Å². The van der Waals surface area contributed by atoms with E-state index in [1.165, 1.54) is 5.56 Å². The van der Waals surface area contributed by atoms with Crippen molar-refractivity contribution >= 4 is 22.3 Å². The van der Waals surface area contributed by atoms with Crippen LogP contribution in [-0.2, 0) is 13.0 Å². The van der Waals surface area contributed by atoms with Crippen LogP contribution in [0.4, 0.5) is 10.9 Å². The van der Waals surface area contributed by atoms with Crippen LogP contribution in [0.25, 0.3) is 11.3 Å². The minimum absolute atomic E-state index is 0.512. The van der Waals surface area contributed by atoms with E-state index in [-0.39, 0.29) is 0 Å². The van der Waals surface area contributed by atoms with Gasteiger partial charge in [-0.05, 0) is 42.2 Å². The molecular formula is C23H25N5OS. The molecule has 0 amide bonds. The SMILES string of the molecule is COc1ccc(Cn2cc(-c3csc(Nc4ccccn4)n3)c(CC(C)C)n2)cc1. The lowest BCUT2D eigenvalue weighted by Gasteiger charge is -2.04. The summed E-state index contributed by atoms with van der Waals surface area (Å²) in [4.78, 5) is 9.09. The van der Waals surface area contributed by atoms with Crippen molar-refractivity contribution in [1.82, 2.24) is 19.7 Å². The molecule has 3 aromatic heterocycles. The van der Waals surface area contributed by atoms with Gasteiger partial charge in [-0.2, -0.15) is 5.10 Å². The minimum atomic E-state index is 0.512. The average Bonchev–Trinajstić information content (AvgIpc) is 3.35. The number of thiazole rings is 1. The lowest BCUT2D eigenvalue weighted by atomic mass is 10.0. The average molecular weight is 420 g/mol. The van der Waals surface area contributed by atoms with Gasteiger partial charge in [-0.25, -0.2) is 9.97 Å². The van der Waals surface area contributed by atoms with Crippen LogP contribution in [0.2, 0.25) is 0 Å². The van der Waals surface area contributed by atoms with Gasteiger partial charge >= 0.3 is 0 Å². The number of ether oxygens (including phenoxy) is 1. The summed E-state index contributed by atoms with van der Waals surface area (Å²) in [6, 6.07) is 13.9. The van der Waals surface area contributed by atoms with E-state index in [2.05, 4.69) is 47.9 Å². The van der Waals surface area contributed by atoms with Crippen molar-refractivity contribution in [1.29, 1.82) is 0 Å². The molecule has 4 aromatic rings. The van der Waals surface area contributed by atoms with Crippen LogP contribution in [-0.4, -0.2) is 26.9 Å². The van der Waals surface area contributed by atoms with Gasteiger partial charge in [-0.15, -0.1) is 11.3 Å². The zero-order valence-corrected chi connectivity index (χ0v) is 18.2. The van der Waals surface area contributed by atoms with Gasteiger partial charge in [0.25, 0.3) is 0 Å². The highest BCUT2D eigenvalue weighted by molar-refractivity contribution is 7.14. The maximum Gasteiger partial charge on any atom is 0.188 e. The van der Waals surface area contributed by atoms with E-state index in [4.69, 9.17) is 14.8 Å². The first-order valence-corrected chi connectivity index (χ1v) is 10.8. The van der Waals surface area contributed by atoms with Gasteiger partial charge in [0.15, 0.2) is 5.13 Å². The summed E-state index contributed by atoms with van der Waals surface area (Å²) in [5.74, 6) is 2.16. The smallest absolute Gasteiger partial charge is 0.188 e. The number of aromatic nitrogens is 4. The molecule has 6 nitrogen and oxygen atoms in total. The summed E-state index contributed by atoms with van der Waals surface area (Å²) >= 11 is 1.57. The Morgan fingerprint density at radius 2 is 1.97 bits per heavy atom. The Kier molecular flexibility index (Phi) is 6.09. The number of hydrogen-bond donors (Lipinski definition) is 1. The summed E-state index contributed by atoms with van der Waals surface area (Å²) in [5.41, 5.74) is 4.28. The van der Waals surface area contributed by atoms with Crippen molar-refractivity contribution in [3.8, 4) is 17.0 Å². The summed E-state index contributed by atoms with van der Waals surface area (Å²) in [5, 5.41) is 11.0. The van der Waals surface area contributed by atoms with Gasteiger partial charge in [-0.3, -0.25) is 4.68 Å². The van der Waals surface area contributed by atoms with Crippen LogP contribution in [0, 0.1) is 5.92 Å². The molecule has 154 valence electrons. The number of anilines is 2.